The number of carbonyl (C=O) groups excluding carboxylic acids is 2. The van der Waals surface area contributed by atoms with E-state index in [4.69, 9.17) is 23.2 Å². The molecule has 4 rings (SSSR count). The van der Waals surface area contributed by atoms with Crippen LogP contribution in [0.1, 0.15) is 36.8 Å². The Hall–Kier alpha value is -2.47. The molecular weight excluding hydrogens is 511 g/mol. The maximum atomic E-state index is 13.7. The van der Waals surface area contributed by atoms with Crippen molar-refractivity contribution in [3.8, 4) is 0 Å². The van der Waals surface area contributed by atoms with Gasteiger partial charge in [-0.15, -0.1) is 11.8 Å². The van der Waals surface area contributed by atoms with Crippen molar-refractivity contribution in [2.45, 2.75) is 55.6 Å². The highest BCUT2D eigenvalue weighted by atomic mass is 35.5. The molecule has 0 bridgehead atoms. The van der Waals surface area contributed by atoms with Gasteiger partial charge < -0.3 is 10.2 Å². The molecule has 4 nitrogen and oxygen atoms in total. The molecule has 1 N–H and O–H groups in total. The Morgan fingerprint density at radius 1 is 0.889 bits per heavy atom. The zero-order valence-electron chi connectivity index (χ0n) is 20.0. The number of amides is 2. The Balaban J connectivity index is 1.60. The zero-order valence-corrected chi connectivity index (χ0v) is 22.4. The third-order valence-corrected chi connectivity index (χ3v) is 7.87. The van der Waals surface area contributed by atoms with Gasteiger partial charge in [0.2, 0.25) is 11.8 Å². The number of nitrogens with zero attached hydrogens (tertiary/aromatic N) is 1. The van der Waals surface area contributed by atoms with Gasteiger partial charge in [-0.1, -0.05) is 78.5 Å². The average Bonchev–Trinajstić information content (AvgIpc) is 3.39. The van der Waals surface area contributed by atoms with Crippen LogP contribution >= 0.6 is 35.0 Å². The number of hydrogen-bond donors (Lipinski definition) is 1. The first-order valence-electron chi connectivity index (χ1n) is 12.2. The van der Waals surface area contributed by atoms with Gasteiger partial charge in [-0.05, 0) is 60.4 Å². The van der Waals surface area contributed by atoms with Crippen LogP contribution in [0.25, 0.3) is 0 Å². The van der Waals surface area contributed by atoms with E-state index in [-0.39, 0.29) is 23.6 Å². The molecule has 2 amide bonds. The number of rotatable bonds is 10. The number of thioether (sulfide) groups is 1. The summed E-state index contributed by atoms with van der Waals surface area (Å²) >= 11 is 13.7. The van der Waals surface area contributed by atoms with Crippen LogP contribution in [0, 0.1) is 0 Å². The van der Waals surface area contributed by atoms with Crippen LogP contribution < -0.4 is 5.32 Å². The normalized spacial score (nSPS) is 14.4. The third kappa shape index (κ3) is 7.76. The van der Waals surface area contributed by atoms with E-state index < -0.39 is 6.04 Å². The van der Waals surface area contributed by atoms with E-state index >= 15 is 0 Å². The van der Waals surface area contributed by atoms with Gasteiger partial charge in [0.25, 0.3) is 0 Å². The van der Waals surface area contributed by atoms with Crippen molar-refractivity contribution in [2.75, 3.05) is 5.75 Å². The van der Waals surface area contributed by atoms with Crippen LogP contribution in [0.3, 0.4) is 0 Å². The first-order valence-corrected chi connectivity index (χ1v) is 14.0. The van der Waals surface area contributed by atoms with Crippen molar-refractivity contribution in [2.24, 2.45) is 0 Å². The van der Waals surface area contributed by atoms with Crippen molar-refractivity contribution >= 4 is 46.8 Å². The van der Waals surface area contributed by atoms with Crippen molar-refractivity contribution < 1.29 is 9.59 Å². The SMILES string of the molecule is O=C(NC1CCCC1)[C@H](Cc1ccccc1)N(Cc1cccc(Cl)c1)C(=O)CSc1ccc(Cl)cc1. The molecule has 7 heteroatoms. The molecule has 1 aliphatic carbocycles. The number of halogens is 2. The molecule has 0 aromatic heterocycles. The van der Waals surface area contributed by atoms with Crippen LogP contribution in [-0.4, -0.2) is 34.6 Å². The highest BCUT2D eigenvalue weighted by Gasteiger charge is 2.32. The number of carbonyl (C=O) groups is 2. The van der Waals surface area contributed by atoms with Crippen LogP contribution in [-0.2, 0) is 22.6 Å². The maximum Gasteiger partial charge on any atom is 0.243 e. The first-order chi connectivity index (χ1) is 17.5. The molecule has 1 fully saturated rings. The van der Waals surface area contributed by atoms with E-state index in [9.17, 15) is 9.59 Å². The van der Waals surface area contributed by atoms with Gasteiger partial charge in [0.05, 0.1) is 5.75 Å². The average molecular weight is 542 g/mol. The molecule has 0 spiro atoms. The van der Waals surface area contributed by atoms with Crippen molar-refractivity contribution in [1.82, 2.24) is 10.2 Å². The molecule has 0 heterocycles. The Labute approximate surface area is 227 Å². The van der Waals surface area contributed by atoms with Gasteiger partial charge in [-0.2, -0.15) is 0 Å². The van der Waals surface area contributed by atoms with Crippen LogP contribution in [0.5, 0.6) is 0 Å². The second kappa shape index (κ2) is 13.2. The summed E-state index contributed by atoms with van der Waals surface area (Å²) in [7, 11) is 0. The standard InChI is InChI=1S/C29H30Cl2N2O2S/c30-23-13-15-26(16-14-23)36-20-28(34)33(19-22-9-6-10-24(31)17-22)27(18-21-7-2-1-3-8-21)29(35)32-25-11-4-5-12-25/h1-3,6-10,13-17,25,27H,4-5,11-12,18-20H2,(H,32,35)/t27-/m0/s1. The largest absolute Gasteiger partial charge is 0.352 e. The predicted octanol–water partition coefficient (Wildman–Crippen LogP) is 6.78. The summed E-state index contributed by atoms with van der Waals surface area (Å²) in [5.74, 6) is 0.0135. The van der Waals surface area contributed by atoms with E-state index in [0.29, 0.717) is 23.0 Å². The Kier molecular flexibility index (Phi) is 9.74. The van der Waals surface area contributed by atoms with Crippen molar-refractivity contribution in [3.05, 3.63) is 100 Å². The lowest BCUT2D eigenvalue weighted by Crippen LogP contribution is -2.52. The fourth-order valence-corrected chi connectivity index (χ4v) is 5.64. The minimum Gasteiger partial charge on any atom is -0.352 e. The smallest absolute Gasteiger partial charge is 0.243 e. The summed E-state index contributed by atoms with van der Waals surface area (Å²) in [6, 6.07) is 24.3. The molecule has 1 aliphatic rings. The van der Waals surface area contributed by atoms with E-state index in [0.717, 1.165) is 41.7 Å². The van der Waals surface area contributed by atoms with Gasteiger partial charge in [-0.3, -0.25) is 9.59 Å². The molecule has 3 aromatic rings. The van der Waals surface area contributed by atoms with Crippen LogP contribution in [0.15, 0.2) is 83.8 Å². The minimum atomic E-state index is -0.634. The molecule has 3 aromatic carbocycles. The lowest BCUT2D eigenvalue weighted by Gasteiger charge is -2.32. The van der Waals surface area contributed by atoms with Gasteiger partial charge in [-0.25, -0.2) is 0 Å². The van der Waals surface area contributed by atoms with E-state index in [2.05, 4.69) is 5.32 Å². The predicted molar refractivity (Wildman–Crippen MR) is 149 cm³/mol. The Bertz CT molecular complexity index is 1150. The summed E-state index contributed by atoms with van der Waals surface area (Å²) in [6.07, 6.45) is 4.66. The lowest BCUT2D eigenvalue weighted by molar-refractivity contribution is -0.139. The highest BCUT2D eigenvalue weighted by Crippen LogP contribution is 2.24. The Morgan fingerprint density at radius 2 is 1.58 bits per heavy atom. The quantitative estimate of drug-likeness (QED) is 0.288. The fraction of sp³-hybridized carbons (Fsp3) is 0.310. The van der Waals surface area contributed by atoms with Crippen molar-refractivity contribution in [3.63, 3.8) is 0 Å². The highest BCUT2D eigenvalue weighted by molar-refractivity contribution is 8.00. The summed E-state index contributed by atoms with van der Waals surface area (Å²) in [5, 5.41) is 4.49. The second-order valence-corrected chi connectivity index (χ2v) is 11.0. The van der Waals surface area contributed by atoms with Gasteiger partial charge in [0.1, 0.15) is 6.04 Å². The summed E-state index contributed by atoms with van der Waals surface area (Å²) in [6.45, 7) is 0.302. The lowest BCUT2D eigenvalue weighted by atomic mass is 10.0. The number of benzene rings is 3. The number of hydrogen-bond acceptors (Lipinski definition) is 3. The molecule has 0 saturated heterocycles. The van der Waals surface area contributed by atoms with Gasteiger partial charge >= 0.3 is 0 Å². The number of nitrogens with one attached hydrogen (secondary N) is 1. The molecule has 0 radical (unpaired) electrons. The topological polar surface area (TPSA) is 49.4 Å². The Morgan fingerprint density at radius 3 is 2.28 bits per heavy atom. The third-order valence-electron chi connectivity index (χ3n) is 6.39. The molecule has 1 saturated carbocycles. The minimum absolute atomic E-state index is 0.0994. The summed E-state index contributed by atoms with van der Waals surface area (Å²) < 4.78 is 0. The second-order valence-electron chi connectivity index (χ2n) is 9.09. The summed E-state index contributed by atoms with van der Waals surface area (Å²) in [5.41, 5.74) is 1.90. The summed E-state index contributed by atoms with van der Waals surface area (Å²) in [4.78, 5) is 30.0. The van der Waals surface area contributed by atoms with E-state index in [1.54, 1.807) is 4.90 Å². The fourth-order valence-electron chi connectivity index (χ4n) is 4.51. The molecule has 0 unspecified atom stereocenters. The molecule has 36 heavy (non-hydrogen) atoms. The monoisotopic (exact) mass is 540 g/mol. The van der Waals surface area contributed by atoms with Crippen LogP contribution in [0.4, 0.5) is 0 Å². The van der Waals surface area contributed by atoms with Gasteiger partial charge in [0.15, 0.2) is 0 Å². The zero-order chi connectivity index (χ0) is 25.3. The van der Waals surface area contributed by atoms with E-state index in [1.807, 2.05) is 78.9 Å². The van der Waals surface area contributed by atoms with E-state index in [1.165, 1.54) is 11.8 Å². The molecular formula is C29H30Cl2N2O2S. The van der Waals surface area contributed by atoms with Gasteiger partial charge in [0, 0.05) is 33.9 Å². The molecule has 188 valence electrons. The maximum absolute atomic E-state index is 13.7. The first kappa shape index (κ1) is 26.6. The van der Waals surface area contributed by atoms with Crippen molar-refractivity contribution in [1.29, 1.82) is 0 Å². The molecule has 0 aliphatic heterocycles. The molecule has 1 atom stereocenters. The van der Waals surface area contributed by atoms with Crippen LogP contribution in [0.2, 0.25) is 10.0 Å².